The van der Waals surface area contributed by atoms with E-state index in [9.17, 15) is 33.9 Å². The molecule has 0 heterocycles. The smallest absolute Gasteiger partial charge is 0.326 e. The van der Waals surface area contributed by atoms with E-state index in [1.807, 2.05) is 13.8 Å². The highest BCUT2D eigenvalue weighted by Crippen LogP contribution is 2.05. The maximum atomic E-state index is 12.0. The van der Waals surface area contributed by atoms with Crippen molar-refractivity contribution < 1.29 is 44.1 Å². The van der Waals surface area contributed by atoms with E-state index in [1.165, 1.54) is 6.92 Å². The lowest BCUT2D eigenvalue weighted by atomic mass is 10.1. The van der Waals surface area contributed by atoms with Gasteiger partial charge in [0, 0.05) is 25.3 Å². The van der Waals surface area contributed by atoms with E-state index in [2.05, 4.69) is 16.0 Å². The molecule has 0 aliphatic rings. The Labute approximate surface area is 193 Å². The monoisotopic (exact) mass is 475 g/mol. The van der Waals surface area contributed by atoms with Crippen molar-refractivity contribution >= 4 is 35.5 Å². The standard InChI is InChI=1S/C19H31N3O9.C2H6/c1-10(2)20-12(17(26)27)6-8-15(24)22-14(19(30)31)7-9-16(25)21-13(18(28)29)5-4-11(3)23;1-2/h10,12-14,20H,4-9H2,1-3H3,(H,21,25)(H,22,24)(H,26,27)(H,28,29)(H,30,31);1-2H3. The number of hydrogen-bond acceptors (Lipinski definition) is 7. The fourth-order valence-corrected chi connectivity index (χ4v) is 2.63. The fraction of sp³-hybridized carbons (Fsp3) is 0.714. The van der Waals surface area contributed by atoms with Gasteiger partial charge in [0.25, 0.3) is 0 Å². The molecule has 12 nitrogen and oxygen atoms in total. The maximum absolute atomic E-state index is 12.0. The molecule has 6 N–H and O–H groups in total. The van der Waals surface area contributed by atoms with Gasteiger partial charge in [-0.2, -0.15) is 0 Å². The van der Waals surface area contributed by atoms with Crippen molar-refractivity contribution in [2.45, 2.75) is 97.3 Å². The van der Waals surface area contributed by atoms with Gasteiger partial charge in [-0.15, -0.1) is 0 Å². The van der Waals surface area contributed by atoms with Crippen molar-refractivity contribution in [3.63, 3.8) is 0 Å². The van der Waals surface area contributed by atoms with Gasteiger partial charge in [-0.1, -0.05) is 27.7 Å². The summed E-state index contributed by atoms with van der Waals surface area (Å²) < 4.78 is 0. The molecular weight excluding hydrogens is 438 g/mol. The lowest BCUT2D eigenvalue weighted by Gasteiger charge is -2.19. The molecule has 0 spiro atoms. The zero-order valence-corrected chi connectivity index (χ0v) is 19.8. The Morgan fingerprint density at radius 2 is 0.970 bits per heavy atom. The van der Waals surface area contributed by atoms with Crippen LogP contribution in [0.5, 0.6) is 0 Å². The van der Waals surface area contributed by atoms with Gasteiger partial charge in [-0.3, -0.25) is 14.4 Å². The van der Waals surface area contributed by atoms with Crippen LogP contribution >= 0.6 is 0 Å². The number of carbonyl (C=O) groups is 6. The number of rotatable bonds is 16. The second kappa shape index (κ2) is 17.5. The zero-order chi connectivity index (χ0) is 26.1. The Morgan fingerprint density at radius 1 is 0.636 bits per heavy atom. The minimum atomic E-state index is -1.40. The van der Waals surface area contributed by atoms with Crippen molar-refractivity contribution in [2.75, 3.05) is 0 Å². The summed E-state index contributed by atoms with van der Waals surface area (Å²) >= 11 is 0. The van der Waals surface area contributed by atoms with Crippen LogP contribution in [0, 0.1) is 0 Å². The van der Waals surface area contributed by atoms with E-state index in [-0.39, 0.29) is 50.4 Å². The largest absolute Gasteiger partial charge is 0.480 e. The van der Waals surface area contributed by atoms with Crippen LogP contribution in [0.15, 0.2) is 0 Å². The van der Waals surface area contributed by atoms with E-state index in [4.69, 9.17) is 10.2 Å². The second-order valence-electron chi connectivity index (χ2n) is 7.45. The summed E-state index contributed by atoms with van der Waals surface area (Å²) in [4.78, 5) is 68.7. The van der Waals surface area contributed by atoms with Crippen LogP contribution in [0.1, 0.15) is 73.1 Å². The van der Waals surface area contributed by atoms with Gasteiger partial charge in [0.15, 0.2) is 0 Å². The highest BCUT2D eigenvalue weighted by molar-refractivity contribution is 5.86. The summed E-state index contributed by atoms with van der Waals surface area (Å²) in [6, 6.07) is -3.78. The number of amides is 2. The fourth-order valence-electron chi connectivity index (χ4n) is 2.63. The summed E-state index contributed by atoms with van der Waals surface area (Å²) in [7, 11) is 0. The Balaban J connectivity index is 0. The molecule has 12 heteroatoms. The molecule has 0 fully saturated rings. The first-order valence-electron chi connectivity index (χ1n) is 10.9. The van der Waals surface area contributed by atoms with Gasteiger partial charge in [0.05, 0.1) is 0 Å². The minimum Gasteiger partial charge on any atom is -0.480 e. The van der Waals surface area contributed by atoms with E-state index >= 15 is 0 Å². The van der Waals surface area contributed by atoms with Crippen molar-refractivity contribution in [2.24, 2.45) is 0 Å². The molecule has 0 aliphatic carbocycles. The van der Waals surface area contributed by atoms with Crippen LogP contribution in [0.4, 0.5) is 0 Å². The predicted octanol–water partition coefficient (Wildman–Crippen LogP) is 0.532. The van der Waals surface area contributed by atoms with E-state index in [1.54, 1.807) is 13.8 Å². The van der Waals surface area contributed by atoms with Crippen molar-refractivity contribution in [1.82, 2.24) is 16.0 Å². The van der Waals surface area contributed by atoms with Gasteiger partial charge in [0.1, 0.15) is 23.9 Å². The number of carboxylic acids is 3. The van der Waals surface area contributed by atoms with Gasteiger partial charge >= 0.3 is 17.9 Å². The van der Waals surface area contributed by atoms with Gasteiger partial charge in [-0.05, 0) is 26.2 Å². The van der Waals surface area contributed by atoms with Crippen molar-refractivity contribution in [3.05, 3.63) is 0 Å². The van der Waals surface area contributed by atoms with E-state index in [0.717, 1.165) is 0 Å². The SMILES string of the molecule is CC.CC(=O)CCC(NC(=O)CCC(NC(=O)CCC(NC(C)C)C(=O)O)C(=O)O)C(=O)O. The number of ketones is 1. The topological polar surface area (TPSA) is 199 Å². The highest BCUT2D eigenvalue weighted by atomic mass is 16.4. The summed E-state index contributed by atoms with van der Waals surface area (Å²) in [6.07, 6.45) is -1.08. The molecule has 0 rings (SSSR count). The number of hydrogen-bond donors (Lipinski definition) is 6. The molecule has 2 amide bonds. The van der Waals surface area contributed by atoms with Crippen LogP contribution in [-0.4, -0.2) is 75.0 Å². The molecule has 190 valence electrons. The average Bonchev–Trinajstić information content (AvgIpc) is 2.71. The lowest BCUT2D eigenvalue weighted by Crippen LogP contribution is -2.45. The average molecular weight is 476 g/mol. The number of nitrogens with one attached hydrogen (secondary N) is 3. The third-order valence-corrected chi connectivity index (χ3v) is 4.20. The molecule has 0 aromatic carbocycles. The quantitative estimate of drug-likeness (QED) is 0.183. The summed E-state index contributed by atoms with van der Waals surface area (Å²) in [5.74, 6) is -5.49. The Kier molecular flexibility index (Phi) is 17.1. The van der Waals surface area contributed by atoms with E-state index in [0.29, 0.717) is 0 Å². The maximum Gasteiger partial charge on any atom is 0.326 e. The summed E-state index contributed by atoms with van der Waals surface area (Å²) in [5, 5.41) is 34.7. The van der Waals surface area contributed by atoms with Gasteiger partial charge in [0.2, 0.25) is 11.8 Å². The van der Waals surface area contributed by atoms with Crippen LogP contribution in [-0.2, 0) is 28.8 Å². The molecule has 3 atom stereocenters. The molecule has 0 radical (unpaired) electrons. The van der Waals surface area contributed by atoms with Gasteiger partial charge < -0.3 is 36.1 Å². The lowest BCUT2D eigenvalue weighted by molar-refractivity contribution is -0.143. The molecule has 3 unspecified atom stereocenters. The third-order valence-electron chi connectivity index (χ3n) is 4.20. The van der Waals surface area contributed by atoms with Crippen LogP contribution in [0.2, 0.25) is 0 Å². The minimum absolute atomic E-state index is 0.0337. The first-order chi connectivity index (χ1) is 15.3. The molecule has 0 aromatic rings. The molecular formula is C21H37N3O9. The third kappa shape index (κ3) is 16.3. The van der Waals surface area contributed by atoms with Crippen LogP contribution in [0.3, 0.4) is 0 Å². The van der Waals surface area contributed by atoms with Crippen LogP contribution < -0.4 is 16.0 Å². The summed E-state index contributed by atoms with van der Waals surface area (Å²) in [5.41, 5.74) is 0. The van der Waals surface area contributed by atoms with Crippen molar-refractivity contribution in [1.29, 1.82) is 0 Å². The Bertz CT molecular complexity index is 680. The normalized spacial score (nSPS) is 13.0. The number of carbonyl (C=O) groups excluding carboxylic acids is 3. The molecule has 0 aliphatic heterocycles. The van der Waals surface area contributed by atoms with Crippen LogP contribution in [0.25, 0.3) is 0 Å². The molecule has 0 saturated carbocycles. The predicted molar refractivity (Wildman–Crippen MR) is 119 cm³/mol. The van der Waals surface area contributed by atoms with E-state index < -0.39 is 47.8 Å². The number of aliphatic carboxylic acids is 3. The van der Waals surface area contributed by atoms with Gasteiger partial charge in [-0.25, -0.2) is 9.59 Å². The first-order valence-corrected chi connectivity index (χ1v) is 10.9. The highest BCUT2D eigenvalue weighted by Gasteiger charge is 2.25. The number of Topliss-reactive ketones (excluding diaryl/α,β-unsaturated/α-hetero) is 1. The number of carboxylic acid groups (broad SMARTS) is 3. The Morgan fingerprint density at radius 3 is 1.27 bits per heavy atom. The first kappa shape index (κ1) is 32.2. The Hall–Kier alpha value is -3.02. The molecule has 33 heavy (non-hydrogen) atoms. The molecule has 0 saturated heterocycles. The molecule has 0 aromatic heterocycles. The summed E-state index contributed by atoms with van der Waals surface area (Å²) in [6.45, 7) is 8.78. The second-order valence-corrected chi connectivity index (χ2v) is 7.45. The zero-order valence-electron chi connectivity index (χ0n) is 19.8. The molecule has 0 bridgehead atoms. The van der Waals surface area contributed by atoms with Crippen molar-refractivity contribution in [3.8, 4) is 0 Å².